The van der Waals surface area contributed by atoms with E-state index in [1.54, 1.807) is 17.1 Å². The monoisotopic (exact) mass is 308 g/mol. The third-order valence-electron chi connectivity index (χ3n) is 2.74. The van der Waals surface area contributed by atoms with E-state index in [0.717, 1.165) is 13.1 Å². The molecule has 2 aromatic rings. The lowest BCUT2D eigenvalue weighted by atomic mass is 10.2. The van der Waals surface area contributed by atoms with Gasteiger partial charge in [-0.05, 0) is 12.8 Å². The second-order valence-electron chi connectivity index (χ2n) is 5.05. The summed E-state index contributed by atoms with van der Waals surface area (Å²) < 4.78 is 1.74. The Hall–Kier alpha value is -2.09. The van der Waals surface area contributed by atoms with Crippen LogP contribution in [0.25, 0.3) is 0 Å². The Morgan fingerprint density at radius 1 is 1.52 bits per heavy atom. The number of nitrogen functional groups attached to an aromatic ring is 1. The van der Waals surface area contributed by atoms with E-state index in [1.807, 2.05) is 6.92 Å². The maximum Gasteiger partial charge on any atom is 0.269 e. The number of nitrogens with zero attached hydrogens (tertiary/aromatic N) is 3. The quantitative estimate of drug-likeness (QED) is 0.760. The highest BCUT2D eigenvalue weighted by atomic mass is 32.1. The van der Waals surface area contributed by atoms with Crippen molar-refractivity contribution in [2.75, 3.05) is 22.9 Å². The van der Waals surface area contributed by atoms with Gasteiger partial charge in [-0.15, -0.1) is 0 Å². The number of carbonyl (C=O) groups is 1. The van der Waals surface area contributed by atoms with Crippen molar-refractivity contribution >= 4 is 33.9 Å². The molecule has 21 heavy (non-hydrogen) atoms. The summed E-state index contributed by atoms with van der Waals surface area (Å²) >= 11 is 1.25. The maximum absolute atomic E-state index is 12.2. The third-order valence-corrected chi connectivity index (χ3v) is 3.76. The van der Waals surface area contributed by atoms with Gasteiger partial charge in [-0.1, -0.05) is 25.2 Å². The van der Waals surface area contributed by atoms with E-state index in [1.165, 1.54) is 11.3 Å². The zero-order chi connectivity index (χ0) is 15.4. The summed E-state index contributed by atoms with van der Waals surface area (Å²) in [6.07, 6.45) is 3.38. The molecule has 0 saturated heterocycles. The van der Waals surface area contributed by atoms with Gasteiger partial charge in [-0.2, -0.15) is 5.10 Å². The summed E-state index contributed by atoms with van der Waals surface area (Å²) in [6, 6.07) is 0. The van der Waals surface area contributed by atoms with Crippen LogP contribution in [0.15, 0.2) is 12.4 Å². The molecule has 7 nitrogen and oxygen atoms in total. The SMILES string of the molecule is CCn1cc(NC(=O)c2sc(NCC(C)C)nc2N)cn1. The van der Waals surface area contributed by atoms with Crippen molar-refractivity contribution in [3.8, 4) is 0 Å². The molecule has 8 heteroatoms. The van der Waals surface area contributed by atoms with Crippen LogP contribution in [0, 0.1) is 5.92 Å². The molecule has 1 amide bonds. The molecule has 2 aromatic heterocycles. The molecule has 0 bridgehead atoms. The first-order valence-corrected chi connectivity index (χ1v) is 7.65. The largest absolute Gasteiger partial charge is 0.382 e. The normalized spacial score (nSPS) is 10.9. The molecule has 2 heterocycles. The van der Waals surface area contributed by atoms with E-state index >= 15 is 0 Å². The van der Waals surface area contributed by atoms with E-state index in [9.17, 15) is 4.79 Å². The van der Waals surface area contributed by atoms with Gasteiger partial charge in [-0.25, -0.2) is 4.98 Å². The van der Waals surface area contributed by atoms with Crippen LogP contribution >= 0.6 is 11.3 Å². The zero-order valence-corrected chi connectivity index (χ0v) is 13.2. The summed E-state index contributed by atoms with van der Waals surface area (Å²) in [7, 11) is 0. The van der Waals surface area contributed by atoms with Crippen LogP contribution in [0.3, 0.4) is 0 Å². The lowest BCUT2D eigenvalue weighted by Crippen LogP contribution is -2.11. The Morgan fingerprint density at radius 3 is 2.90 bits per heavy atom. The van der Waals surface area contributed by atoms with Gasteiger partial charge >= 0.3 is 0 Å². The molecule has 4 N–H and O–H groups in total. The highest BCUT2D eigenvalue weighted by Gasteiger charge is 2.17. The molecule has 0 aliphatic rings. The number of anilines is 3. The second kappa shape index (κ2) is 6.57. The smallest absolute Gasteiger partial charge is 0.269 e. The Labute approximate surface area is 127 Å². The van der Waals surface area contributed by atoms with Gasteiger partial charge in [0, 0.05) is 19.3 Å². The van der Waals surface area contributed by atoms with Crippen LogP contribution in [-0.2, 0) is 6.54 Å². The number of nitrogens with two attached hydrogens (primary N) is 1. The van der Waals surface area contributed by atoms with Crippen molar-refractivity contribution in [3.05, 3.63) is 17.3 Å². The Bertz CT molecular complexity index is 618. The number of rotatable bonds is 6. The minimum absolute atomic E-state index is 0.242. The molecule has 0 aliphatic carbocycles. The highest BCUT2D eigenvalue weighted by Crippen LogP contribution is 2.26. The molecule has 114 valence electrons. The highest BCUT2D eigenvalue weighted by molar-refractivity contribution is 7.18. The van der Waals surface area contributed by atoms with Crippen LogP contribution in [0.2, 0.25) is 0 Å². The number of amides is 1. The van der Waals surface area contributed by atoms with Gasteiger partial charge in [0.1, 0.15) is 10.7 Å². The fraction of sp³-hybridized carbons (Fsp3) is 0.462. The van der Waals surface area contributed by atoms with Gasteiger partial charge in [-0.3, -0.25) is 9.48 Å². The number of nitrogens with one attached hydrogen (secondary N) is 2. The van der Waals surface area contributed by atoms with E-state index in [-0.39, 0.29) is 11.7 Å². The van der Waals surface area contributed by atoms with E-state index in [0.29, 0.717) is 21.6 Å². The fourth-order valence-electron chi connectivity index (χ4n) is 1.65. The molecular formula is C13H20N6OS. The van der Waals surface area contributed by atoms with Crippen molar-refractivity contribution in [3.63, 3.8) is 0 Å². The fourth-order valence-corrected chi connectivity index (χ4v) is 2.44. The summed E-state index contributed by atoms with van der Waals surface area (Å²) in [5, 5.41) is 10.7. The van der Waals surface area contributed by atoms with Crippen molar-refractivity contribution in [2.45, 2.75) is 27.3 Å². The Kier molecular flexibility index (Phi) is 4.79. The number of aryl methyl sites for hydroxylation is 1. The van der Waals surface area contributed by atoms with E-state index < -0.39 is 0 Å². The number of thiazole rings is 1. The van der Waals surface area contributed by atoms with Crippen molar-refractivity contribution < 1.29 is 4.79 Å². The molecule has 0 saturated carbocycles. The average Bonchev–Trinajstić information content (AvgIpc) is 3.02. The molecule has 2 rings (SSSR count). The Balaban J connectivity index is 2.04. The van der Waals surface area contributed by atoms with Crippen LogP contribution in [0.4, 0.5) is 16.6 Å². The standard InChI is InChI=1S/C13H20N6OS/c1-4-19-7-9(6-16-19)17-12(20)10-11(14)18-13(21-10)15-5-8(2)3/h6-8H,4-5,14H2,1-3H3,(H,15,18)(H,17,20). The van der Waals surface area contributed by atoms with Crippen LogP contribution < -0.4 is 16.4 Å². The van der Waals surface area contributed by atoms with Crippen molar-refractivity contribution in [1.82, 2.24) is 14.8 Å². The van der Waals surface area contributed by atoms with Gasteiger partial charge < -0.3 is 16.4 Å². The minimum atomic E-state index is -0.266. The molecule has 0 aromatic carbocycles. The van der Waals surface area contributed by atoms with Gasteiger partial charge in [0.2, 0.25) is 0 Å². The molecule has 0 spiro atoms. The predicted octanol–water partition coefficient (Wildman–Crippen LogP) is 2.26. The summed E-state index contributed by atoms with van der Waals surface area (Å²) in [5.41, 5.74) is 6.46. The van der Waals surface area contributed by atoms with Crippen LogP contribution in [0.5, 0.6) is 0 Å². The topological polar surface area (TPSA) is 97.9 Å². The van der Waals surface area contributed by atoms with Crippen molar-refractivity contribution in [2.24, 2.45) is 5.92 Å². The van der Waals surface area contributed by atoms with Gasteiger partial charge in [0.15, 0.2) is 5.13 Å². The average molecular weight is 308 g/mol. The molecule has 0 unspecified atom stereocenters. The number of carbonyl (C=O) groups excluding carboxylic acids is 1. The van der Waals surface area contributed by atoms with Gasteiger partial charge in [0.05, 0.1) is 11.9 Å². The number of hydrogen-bond donors (Lipinski definition) is 3. The van der Waals surface area contributed by atoms with Crippen LogP contribution in [-0.4, -0.2) is 27.2 Å². The third kappa shape index (κ3) is 3.94. The molecular weight excluding hydrogens is 288 g/mol. The molecule has 0 aliphatic heterocycles. The summed E-state index contributed by atoms with van der Waals surface area (Å²) in [4.78, 5) is 16.8. The van der Waals surface area contributed by atoms with E-state index in [4.69, 9.17) is 5.73 Å². The van der Waals surface area contributed by atoms with Crippen molar-refractivity contribution in [1.29, 1.82) is 0 Å². The maximum atomic E-state index is 12.2. The first-order valence-electron chi connectivity index (χ1n) is 6.83. The zero-order valence-electron chi connectivity index (χ0n) is 12.4. The summed E-state index contributed by atoms with van der Waals surface area (Å²) in [5.74, 6) is 0.470. The predicted molar refractivity (Wildman–Crippen MR) is 85.7 cm³/mol. The lowest BCUT2D eigenvalue weighted by Gasteiger charge is -2.04. The van der Waals surface area contributed by atoms with Crippen LogP contribution in [0.1, 0.15) is 30.4 Å². The second-order valence-corrected chi connectivity index (χ2v) is 6.05. The molecule has 0 fully saturated rings. The lowest BCUT2D eigenvalue weighted by molar-refractivity contribution is 0.103. The van der Waals surface area contributed by atoms with E-state index in [2.05, 4.69) is 34.6 Å². The number of aromatic nitrogens is 3. The summed E-state index contributed by atoms with van der Waals surface area (Å²) in [6.45, 7) is 7.72. The van der Waals surface area contributed by atoms with Gasteiger partial charge in [0.25, 0.3) is 5.91 Å². The minimum Gasteiger partial charge on any atom is -0.382 e. The first kappa shape index (κ1) is 15.3. The first-order chi connectivity index (χ1) is 9.99. The number of hydrogen-bond acceptors (Lipinski definition) is 6. The molecule has 0 radical (unpaired) electrons. The molecule has 0 atom stereocenters. The Morgan fingerprint density at radius 2 is 2.29 bits per heavy atom.